The number of nitrogens with two attached hydrogens (primary N) is 1. The van der Waals surface area contributed by atoms with E-state index < -0.39 is 12.1 Å². The summed E-state index contributed by atoms with van der Waals surface area (Å²) in [5.74, 6) is 7.49. The van der Waals surface area contributed by atoms with Gasteiger partial charge in [0.15, 0.2) is 17.6 Å². The summed E-state index contributed by atoms with van der Waals surface area (Å²) in [5, 5.41) is 1.91. The summed E-state index contributed by atoms with van der Waals surface area (Å²) < 4.78 is 25.9. The van der Waals surface area contributed by atoms with Gasteiger partial charge in [-0.3, -0.25) is 0 Å². The van der Waals surface area contributed by atoms with Gasteiger partial charge in [-0.1, -0.05) is 48.5 Å². The molecule has 2 heterocycles. The number of nitrogens with zero attached hydrogens (tertiary/aromatic N) is 2. The van der Waals surface area contributed by atoms with Crippen LogP contribution in [0, 0.1) is 6.92 Å². The Kier molecular flexibility index (Phi) is 7.72. The number of aromatic nitrogens is 2. The van der Waals surface area contributed by atoms with Gasteiger partial charge in [0.2, 0.25) is 5.89 Å². The third-order valence-electron chi connectivity index (χ3n) is 7.36. The number of rotatable bonds is 10. The van der Waals surface area contributed by atoms with Crippen LogP contribution >= 0.6 is 0 Å². The molecule has 0 bridgehead atoms. The van der Waals surface area contributed by atoms with Crippen LogP contribution in [0.3, 0.4) is 0 Å². The Bertz CT molecular complexity index is 1910. The van der Waals surface area contributed by atoms with Crippen LogP contribution in [0.5, 0.6) is 17.2 Å². The van der Waals surface area contributed by atoms with Crippen LogP contribution in [0.15, 0.2) is 95.4 Å². The van der Waals surface area contributed by atoms with Crippen LogP contribution in [-0.4, -0.2) is 28.7 Å². The lowest BCUT2D eigenvalue weighted by Crippen LogP contribution is -2.28. The van der Waals surface area contributed by atoms with Gasteiger partial charge in [0.1, 0.15) is 23.8 Å². The average molecular weight is 578 g/mol. The van der Waals surface area contributed by atoms with Crippen molar-refractivity contribution in [2.45, 2.75) is 33.1 Å². The molecule has 0 fully saturated rings. The molecule has 43 heavy (non-hydrogen) atoms. The van der Waals surface area contributed by atoms with Crippen molar-refractivity contribution >= 4 is 27.8 Å². The summed E-state index contributed by atoms with van der Waals surface area (Å²) in [6.07, 6.45) is -0.861. The second-order valence-corrected chi connectivity index (χ2v) is 10.1. The SMILES string of the molecule is COc1cc(Cn2c3ccccc3c3c(OC(C)C(=O)ON)cccc32)ccc1OCc1nc(-c2ccccc2)oc1C. The van der Waals surface area contributed by atoms with Crippen molar-refractivity contribution in [3.8, 4) is 28.7 Å². The van der Waals surface area contributed by atoms with Crippen LogP contribution in [-0.2, 0) is 22.8 Å². The summed E-state index contributed by atoms with van der Waals surface area (Å²) in [5.41, 5.74) is 4.64. The van der Waals surface area contributed by atoms with Crippen molar-refractivity contribution in [2.24, 2.45) is 5.90 Å². The second kappa shape index (κ2) is 11.9. The molecule has 0 radical (unpaired) electrons. The number of carbonyl (C=O) groups is 1. The standard InChI is InChI=1S/C34H31N3O6/c1-21-26(36-33(42-21)24-10-5-4-6-11-24)20-40-29-17-16-23(18-31(29)39-3)19-37-27-13-8-7-12-25(27)32-28(37)14-9-15-30(32)41-22(2)34(38)43-35/h4-18,22H,19-20,35H2,1-3H3. The predicted octanol–water partition coefficient (Wildman–Crippen LogP) is 6.58. The lowest BCUT2D eigenvalue weighted by Gasteiger charge is -2.14. The zero-order chi connectivity index (χ0) is 29.9. The van der Waals surface area contributed by atoms with Gasteiger partial charge >= 0.3 is 5.97 Å². The summed E-state index contributed by atoms with van der Waals surface area (Å²) in [4.78, 5) is 21.0. The number of hydrogen-bond acceptors (Lipinski definition) is 8. The van der Waals surface area contributed by atoms with Gasteiger partial charge in [0.25, 0.3) is 0 Å². The molecule has 0 spiro atoms. The Morgan fingerprint density at radius 1 is 0.930 bits per heavy atom. The Morgan fingerprint density at radius 2 is 1.70 bits per heavy atom. The van der Waals surface area contributed by atoms with E-state index in [1.165, 1.54) is 0 Å². The molecule has 9 nitrogen and oxygen atoms in total. The number of fused-ring (bicyclic) bond motifs is 3. The highest BCUT2D eigenvalue weighted by Gasteiger charge is 2.21. The third kappa shape index (κ3) is 5.50. The lowest BCUT2D eigenvalue weighted by molar-refractivity contribution is -0.151. The monoisotopic (exact) mass is 577 g/mol. The Labute approximate surface area is 248 Å². The van der Waals surface area contributed by atoms with Gasteiger partial charge in [0, 0.05) is 28.4 Å². The number of ether oxygens (including phenoxy) is 3. The van der Waals surface area contributed by atoms with Crippen LogP contribution in [0.2, 0.25) is 0 Å². The predicted molar refractivity (Wildman–Crippen MR) is 163 cm³/mol. The van der Waals surface area contributed by atoms with Gasteiger partial charge in [-0.2, -0.15) is 5.90 Å². The molecule has 6 aromatic rings. The first-order valence-electron chi connectivity index (χ1n) is 13.9. The van der Waals surface area contributed by atoms with Crippen LogP contribution < -0.4 is 20.1 Å². The highest BCUT2D eigenvalue weighted by atomic mass is 16.7. The van der Waals surface area contributed by atoms with E-state index in [0.717, 1.165) is 38.6 Å². The minimum absolute atomic E-state index is 0.240. The second-order valence-electron chi connectivity index (χ2n) is 10.1. The van der Waals surface area contributed by atoms with Crippen molar-refractivity contribution in [2.75, 3.05) is 7.11 Å². The number of para-hydroxylation sites is 1. The molecule has 9 heteroatoms. The number of aryl methyl sites for hydroxylation is 1. The van der Waals surface area contributed by atoms with Crippen LogP contribution in [0.4, 0.5) is 0 Å². The van der Waals surface area contributed by atoms with E-state index in [9.17, 15) is 4.79 Å². The normalized spacial score (nSPS) is 11.9. The maximum atomic E-state index is 11.9. The van der Waals surface area contributed by atoms with Crippen LogP contribution in [0.1, 0.15) is 23.9 Å². The molecule has 1 unspecified atom stereocenters. The Hall–Kier alpha value is -5.28. The molecule has 6 rings (SSSR count). The first kappa shape index (κ1) is 27.9. The zero-order valence-corrected chi connectivity index (χ0v) is 24.1. The minimum atomic E-state index is -0.861. The van der Waals surface area contributed by atoms with E-state index in [0.29, 0.717) is 35.4 Å². The number of hydrogen-bond donors (Lipinski definition) is 1. The molecule has 1 atom stereocenters. The molecule has 0 aliphatic heterocycles. The molecule has 0 aliphatic carbocycles. The fourth-order valence-electron chi connectivity index (χ4n) is 5.19. The first-order valence-corrected chi connectivity index (χ1v) is 13.9. The lowest BCUT2D eigenvalue weighted by atomic mass is 10.1. The molecule has 0 aliphatic rings. The largest absolute Gasteiger partial charge is 0.493 e. The Balaban J connectivity index is 1.27. The molecule has 0 saturated carbocycles. The Morgan fingerprint density at radius 3 is 2.49 bits per heavy atom. The molecular formula is C34H31N3O6. The average Bonchev–Trinajstić information content (AvgIpc) is 3.58. The third-order valence-corrected chi connectivity index (χ3v) is 7.36. The zero-order valence-electron chi connectivity index (χ0n) is 24.1. The quantitative estimate of drug-likeness (QED) is 0.182. The van der Waals surface area contributed by atoms with Gasteiger partial charge < -0.3 is 28.0 Å². The maximum absolute atomic E-state index is 11.9. The molecule has 218 valence electrons. The highest BCUT2D eigenvalue weighted by Crippen LogP contribution is 2.37. The van der Waals surface area contributed by atoms with Gasteiger partial charge in [0.05, 0.1) is 12.6 Å². The molecule has 2 N–H and O–H groups in total. The molecule has 0 amide bonds. The van der Waals surface area contributed by atoms with Crippen molar-refractivity contribution < 1.29 is 28.3 Å². The van der Waals surface area contributed by atoms with Gasteiger partial charge in [-0.15, -0.1) is 0 Å². The minimum Gasteiger partial charge on any atom is -0.493 e. The van der Waals surface area contributed by atoms with Gasteiger partial charge in [-0.25, -0.2) is 9.78 Å². The van der Waals surface area contributed by atoms with E-state index in [2.05, 4.69) is 20.5 Å². The van der Waals surface area contributed by atoms with Crippen molar-refractivity contribution in [1.29, 1.82) is 0 Å². The topological polar surface area (TPSA) is 111 Å². The number of carbonyl (C=O) groups excluding carboxylic acids is 1. The first-order chi connectivity index (χ1) is 21.0. The summed E-state index contributed by atoms with van der Waals surface area (Å²) in [7, 11) is 1.62. The molecule has 2 aromatic heterocycles. The molecule has 4 aromatic carbocycles. The van der Waals surface area contributed by atoms with E-state index in [1.54, 1.807) is 14.0 Å². The van der Waals surface area contributed by atoms with Crippen molar-refractivity contribution in [3.63, 3.8) is 0 Å². The summed E-state index contributed by atoms with van der Waals surface area (Å²) in [6.45, 7) is 4.29. The summed E-state index contributed by atoms with van der Waals surface area (Å²) in [6, 6.07) is 29.5. The molecular weight excluding hydrogens is 546 g/mol. The van der Waals surface area contributed by atoms with Crippen molar-refractivity contribution in [1.82, 2.24) is 9.55 Å². The van der Waals surface area contributed by atoms with E-state index in [4.69, 9.17) is 24.5 Å². The smallest absolute Gasteiger partial charge is 0.365 e. The number of benzene rings is 4. The number of oxazole rings is 1. The highest BCUT2D eigenvalue weighted by molar-refractivity contribution is 6.11. The van der Waals surface area contributed by atoms with E-state index >= 15 is 0 Å². The number of methoxy groups -OCH3 is 1. The van der Waals surface area contributed by atoms with Crippen molar-refractivity contribution in [3.05, 3.63) is 108 Å². The van der Waals surface area contributed by atoms with Crippen LogP contribution in [0.25, 0.3) is 33.3 Å². The maximum Gasteiger partial charge on any atom is 0.365 e. The fourth-order valence-corrected chi connectivity index (χ4v) is 5.19. The molecule has 0 saturated heterocycles. The van der Waals surface area contributed by atoms with E-state index in [1.807, 2.05) is 91.9 Å². The van der Waals surface area contributed by atoms with Gasteiger partial charge in [-0.05, 0) is 61.9 Å². The summed E-state index contributed by atoms with van der Waals surface area (Å²) >= 11 is 0. The van der Waals surface area contributed by atoms with E-state index in [-0.39, 0.29) is 6.61 Å². The fraction of sp³-hybridized carbons (Fsp3) is 0.176.